The van der Waals surface area contributed by atoms with Crippen LogP contribution in [0.5, 0.6) is 0 Å². The first-order valence-electron chi connectivity index (χ1n) is 5.83. The Kier molecular flexibility index (Phi) is 4.02. The Morgan fingerprint density at radius 3 is 2.63 bits per heavy atom. The Bertz CT molecular complexity index is 586. The predicted octanol–water partition coefficient (Wildman–Crippen LogP) is 2.81. The smallest absolute Gasteiger partial charge is 0.251 e. The lowest BCUT2D eigenvalue weighted by Crippen LogP contribution is -2.26. The molecule has 0 radical (unpaired) electrons. The number of carbonyl (C=O) groups is 1. The summed E-state index contributed by atoms with van der Waals surface area (Å²) < 4.78 is 0. The van der Waals surface area contributed by atoms with Gasteiger partial charge in [-0.1, -0.05) is 11.6 Å². The van der Waals surface area contributed by atoms with Crippen LogP contribution in [0.25, 0.3) is 0 Å². The maximum Gasteiger partial charge on any atom is 0.251 e. The molecule has 0 fully saturated rings. The predicted molar refractivity (Wildman–Crippen MR) is 76.0 cm³/mol. The van der Waals surface area contributed by atoms with E-state index in [4.69, 9.17) is 17.3 Å². The van der Waals surface area contributed by atoms with Crippen LogP contribution in [0.1, 0.15) is 28.9 Å². The van der Waals surface area contributed by atoms with E-state index in [0.717, 1.165) is 5.56 Å². The summed E-state index contributed by atoms with van der Waals surface area (Å²) >= 11 is 5.90. The second-order valence-electron chi connectivity index (χ2n) is 4.21. The number of nitrogens with two attached hydrogens (primary N) is 1. The number of hydrogen-bond donors (Lipinski definition) is 2. The van der Waals surface area contributed by atoms with Gasteiger partial charge in [-0.25, -0.2) is 0 Å². The van der Waals surface area contributed by atoms with Gasteiger partial charge in [-0.2, -0.15) is 0 Å². The van der Waals surface area contributed by atoms with Crippen LogP contribution in [0.15, 0.2) is 42.7 Å². The molecule has 0 bridgehead atoms. The maximum absolute atomic E-state index is 12.1. The molecule has 0 saturated carbocycles. The molecule has 0 saturated heterocycles. The topological polar surface area (TPSA) is 68.0 Å². The van der Waals surface area contributed by atoms with Gasteiger partial charge in [0.1, 0.15) is 0 Å². The van der Waals surface area contributed by atoms with Crippen LogP contribution in [0, 0.1) is 0 Å². The normalized spacial score (nSPS) is 11.9. The van der Waals surface area contributed by atoms with Gasteiger partial charge < -0.3 is 11.1 Å². The van der Waals surface area contributed by atoms with Crippen LogP contribution in [0.2, 0.25) is 5.02 Å². The third-order valence-corrected chi connectivity index (χ3v) is 3.14. The van der Waals surface area contributed by atoms with Gasteiger partial charge in [-0.3, -0.25) is 9.78 Å². The van der Waals surface area contributed by atoms with E-state index in [9.17, 15) is 4.79 Å². The minimum atomic E-state index is -0.189. The lowest BCUT2D eigenvalue weighted by atomic mass is 10.1. The van der Waals surface area contributed by atoms with E-state index in [-0.39, 0.29) is 11.9 Å². The van der Waals surface area contributed by atoms with Crippen molar-refractivity contribution in [3.63, 3.8) is 0 Å². The first-order valence-corrected chi connectivity index (χ1v) is 6.21. The molecule has 0 aliphatic rings. The van der Waals surface area contributed by atoms with Crippen molar-refractivity contribution in [2.24, 2.45) is 0 Å². The number of halogens is 1. The lowest BCUT2D eigenvalue weighted by molar-refractivity contribution is 0.0940. The molecule has 5 heteroatoms. The minimum Gasteiger partial charge on any atom is -0.398 e. The van der Waals surface area contributed by atoms with Gasteiger partial charge in [-0.05, 0) is 42.8 Å². The van der Waals surface area contributed by atoms with Crippen LogP contribution in [-0.4, -0.2) is 10.9 Å². The Labute approximate surface area is 116 Å². The Balaban J connectivity index is 2.11. The van der Waals surface area contributed by atoms with Crippen LogP contribution in [-0.2, 0) is 0 Å². The first kappa shape index (κ1) is 13.4. The Morgan fingerprint density at radius 1 is 1.32 bits per heavy atom. The van der Waals surface area contributed by atoms with E-state index >= 15 is 0 Å². The highest BCUT2D eigenvalue weighted by Crippen LogP contribution is 2.20. The molecular formula is C14H14ClN3O. The summed E-state index contributed by atoms with van der Waals surface area (Å²) in [6, 6.07) is 8.45. The summed E-state index contributed by atoms with van der Waals surface area (Å²) in [5.41, 5.74) is 7.55. The summed E-state index contributed by atoms with van der Waals surface area (Å²) in [6.07, 6.45) is 3.39. The molecule has 1 heterocycles. The standard InChI is InChI=1S/C14H14ClN3O/c1-9(10-4-6-17-7-5-10)18-14(19)11-2-3-13(16)12(15)8-11/h2-9H,16H2,1H3,(H,18,19)/t9-/m0/s1. The van der Waals surface area contributed by atoms with Crippen molar-refractivity contribution >= 4 is 23.2 Å². The van der Waals surface area contributed by atoms with Gasteiger partial charge in [0.25, 0.3) is 5.91 Å². The summed E-state index contributed by atoms with van der Waals surface area (Å²) in [5, 5.41) is 3.27. The average molecular weight is 276 g/mol. The van der Waals surface area contributed by atoms with Crippen molar-refractivity contribution < 1.29 is 4.79 Å². The fourth-order valence-electron chi connectivity index (χ4n) is 1.68. The van der Waals surface area contributed by atoms with Crippen molar-refractivity contribution in [1.82, 2.24) is 10.3 Å². The fraction of sp³-hybridized carbons (Fsp3) is 0.143. The minimum absolute atomic E-state index is 0.105. The third-order valence-electron chi connectivity index (χ3n) is 2.82. The first-order chi connectivity index (χ1) is 9.08. The SMILES string of the molecule is C[C@H](NC(=O)c1ccc(N)c(Cl)c1)c1ccncc1. The number of hydrogen-bond acceptors (Lipinski definition) is 3. The molecule has 3 N–H and O–H groups in total. The third kappa shape index (κ3) is 3.23. The van der Waals surface area contributed by atoms with Crippen molar-refractivity contribution in [3.8, 4) is 0 Å². The van der Waals surface area contributed by atoms with Crippen LogP contribution >= 0.6 is 11.6 Å². The monoisotopic (exact) mass is 275 g/mol. The number of pyridine rings is 1. The van der Waals surface area contributed by atoms with E-state index < -0.39 is 0 Å². The highest BCUT2D eigenvalue weighted by atomic mass is 35.5. The number of carbonyl (C=O) groups excluding carboxylic acids is 1. The molecule has 1 aromatic carbocycles. The highest BCUT2D eigenvalue weighted by Gasteiger charge is 2.12. The molecule has 0 aliphatic carbocycles. The number of aromatic nitrogens is 1. The molecule has 1 amide bonds. The van der Waals surface area contributed by atoms with Gasteiger partial charge >= 0.3 is 0 Å². The number of amides is 1. The number of rotatable bonds is 3. The van der Waals surface area contributed by atoms with Gasteiger partial charge in [0.2, 0.25) is 0 Å². The van der Waals surface area contributed by atoms with Crippen molar-refractivity contribution in [3.05, 3.63) is 58.9 Å². The number of nitrogens with zero attached hydrogens (tertiary/aromatic N) is 1. The van der Waals surface area contributed by atoms with Gasteiger partial charge in [0, 0.05) is 18.0 Å². The summed E-state index contributed by atoms with van der Waals surface area (Å²) in [6.45, 7) is 1.91. The highest BCUT2D eigenvalue weighted by molar-refractivity contribution is 6.33. The zero-order valence-corrected chi connectivity index (χ0v) is 11.2. The molecule has 1 aromatic heterocycles. The zero-order chi connectivity index (χ0) is 13.8. The van der Waals surface area contributed by atoms with E-state index in [1.165, 1.54) is 0 Å². The number of nitrogens with one attached hydrogen (secondary N) is 1. The van der Waals surface area contributed by atoms with E-state index in [0.29, 0.717) is 16.3 Å². The van der Waals surface area contributed by atoms with Gasteiger partial charge in [-0.15, -0.1) is 0 Å². The van der Waals surface area contributed by atoms with Crippen LogP contribution in [0.4, 0.5) is 5.69 Å². The van der Waals surface area contributed by atoms with Crippen molar-refractivity contribution in [1.29, 1.82) is 0 Å². The molecular weight excluding hydrogens is 262 g/mol. The molecule has 98 valence electrons. The maximum atomic E-state index is 12.1. The summed E-state index contributed by atoms with van der Waals surface area (Å²) in [5.74, 6) is -0.189. The quantitative estimate of drug-likeness (QED) is 0.847. The Hall–Kier alpha value is -2.07. The van der Waals surface area contributed by atoms with E-state index in [1.54, 1.807) is 30.6 Å². The average Bonchev–Trinajstić information content (AvgIpc) is 2.42. The number of nitrogen functional groups attached to an aromatic ring is 1. The largest absolute Gasteiger partial charge is 0.398 e. The number of benzene rings is 1. The molecule has 2 aromatic rings. The molecule has 4 nitrogen and oxygen atoms in total. The summed E-state index contributed by atoms with van der Waals surface area (Å²) in [7, 11) is 0. The van der Waals surface area contributed by atoms with Crippen molar-refractivity contribution in [2.45, 2.75) is 13.0 Å². The molecule has 1 atom stereocenters. The molecule has 0 aliphatic heterocycles. The molecule has 0 spiro atoms. The van der Waals surface area contributed by atoms with Gasteiger partial charge in [0.05, 0.1) is 16.8 Å². The fourth-order valence-corrected chi connectivity index (χ4v) is 1.86. The van der Waals surface area contributed by atoms with Crippen LogP contribution in [0.3, 0.4) is 0 Å². The Morgan fingerprint density at radius 2 is 2.00 bits per heavy atom. The molecule has 19 heavy (non-hydrogen) atoms. The lowest BCUT2D eigenvalue weighted by Gasteiger charge is -2.14. The van der Waals surface area contributed by atoms with Crippen molar-refractivity contribution in [2.75, 3.05) is 5.73 Å². The van der Waals surface area contributed by atoms with E-state index in [1.807, 2.05) is 19.1 Å². The van der Waals surface area contributed by atoms with Gasteiger partial charge in [0.15, 0.2) is 0 Å². The number of anilines is 1. The second kappa shape index (κ2) is 5.71. The second-order valence-corrected chi connectivity index (χ2v) is 4.62. The molecule has 0 unspecified atom stereocenters. The van der Waals surface area contributed by atoms with Crippen LogP contribution < -0.4 is 11.1 Å². The summed E-state index contributed by atoms with van der Waals surface area (Å²) in [4.78, 5) is 16.0. The molecule has 2 rings (SSSR count). The zero-order valence-electron chi connectivity index (χ0n) is 10.4. The van der Waals surface area contributed by atoms with E-state index in [2.05, 4.69) is 10.3 Å².